The number of anilines is 1. The lowest BCUT2D eigenvalue weighted by molar-refractivity contribution is -0.120. The zero-order chi connectivity index (χ0) is 18.1. The Bertz CT molecular complexity index is 719. The maximum Gasteiger partial charge on any atom is 0.387 e. The van der Waals surface area contributed by atoms with E-state index in [0.717, 1.165) is 6.42 Å². The molecule has 1 amide bonds. The van der Waals surface area contributed by atoms with E-state index in [9.17, 15) is 13.6 Å². The van der Waals surface area contributed by atoms with Gasteiger partial charge in [0, 0.05) is 11.3 Å². The van der Waals surface area contributed by atoms with Gasteiger partial charge in [-0.05, 0) is 36.2 Å². The zero-order valence-electron chi connectivity index (χ0n) is 13.6. The summed E-state index contributed by atoms with van der Waals surface area (Å²) in [6.45, 7) is -1.19. The second-order valence-electron chi connectivity index (χ2n) is 5.02. The summed E-state index contributed by atoms with van der Waals surface area (Å²) in [5.41, 5.74) is 2.15. The number of nitrogens with zero attached hydrogens (tertiary/aromatic N) is 1. The molecule has 0 aliphatic rings. The van der Waals surface area contributed by atoms with Crippen molar-refractivity contribution in [2.75, 3.05) is 11.9 Å². The first-order valence-electron chi connectivity index (χ1n) is 7.66. The van der Waals surface area contributed by atoms with Crippen LogP contribution in [-0.4, -0.2) is 25.3 Å². The third kappa shape index (κ3) is 6.21. The molecular weight excluding hydrogens is 330 g/mol. The van der Waals surface area contributed by atoms with Gasteiger partial charge in [0.1, 0.15) is 5.75 Å². The molecule has 0 bridgehead atoms. The van der Waals surface area contributed by atoms with Crippen molar-refractivity contribution >= 4 is 17.8 Å². The van der Waals surface area contributed by atoms with E-state index in [-0.39, 0.29) is 18.3 Å². The Morgan fingerprint density at radius 1 is 1.20 bits per heavy atom. The Balaban J connectivity index is 1.83. The third-order valence-corrected chi connectivity index (χ3v) is 3.24. The summed E-state index contributed by atoms with van der Waals surface area (Å²) in [5.74, 6) is -0.399. The monoisotopic (exact) mass is 348 g/mol. The van der Waals surface area contributed by atoms with Gasteiger partial charge in [-0.25, -0.2) is 0 Å². The smallest absolute Gasteiger partial charge is 0.387 e. The summed E-state index contributed by atoms with van der Waals surface area (Å²) in [5, 5.41) is 6.28. The van der Waals surface area contributed by atoms with Crippen molar-refractivity contribution in [1.82, 2.24) is 0 Å². The number of carbonyl (C=O) groups excluding carboxylic acids is 1. The highest BCUT2D eigenvalue weighted by Crippen LogP contribution is 2.18. The molecule has 0 heterocycles. The molecule has 1 N–H and O–H groups in total. The zero-order valence-corrected chi connectivity index (χ0v) is 13.6. The Kier molecular flexibility index (Phi) is 6.88. The summed E-state index contributed by atoms with van der Waals surface area (Å²) >= 11 is 0. The van der Waals surface area contributed by atoms with Crippen LogP contribution in [0.1, 0.15) is 18.1 Å². The number of oxime groups is 1. The number of halogens is 2. The Labute approximate surface area is 144 Å². The number of aryl methyl sites for hydroxylation is 1. The van der Waals surface area contributed by atoms with Gasteiger partial charge in [0.2, 0.25) is 0 Å². The van der Waals surface area contributed by atoms with Gasteiger partial charge in [0.25, 0.3) is 5.91 Å². The van der Waals surface area contributed by atoms with E-state index in [2.05, 4.69) is 15.2 Å². The van der Waals surface area contributed by atoms with Crippen molar-refractivity contribution in [3.8, 4) is 5.75 Å². The number of hydrogen-bond donors (Lipinski definition) is 1. The lowest BCUT2D eigenvalue weighted by Crippen LogP contribution is -2.16. The Morgan fingerprint density at radius 2 is 1.92 bits per heavy atom. The quantitative estimate of drug-likeness (QED) is 0.582. The van der Waals surface area contributed by atoms with E-state index in [4.69, 9.17) is 4.84 Å². The molecule has 0 saturated carbocycles. The van der Waals surface area contributed by atoms with Crippen LogP contribution in [0.3, 0.4) is 0 Å². The molecule has 7 heteroatoms. The molecule has 2 rings (SSSR count). The maximum atomic E-state index is 12.3. The summed E-state index contributed by atoms with van der Waals surface area (Å²) in [4.78, 5) is 16.6. The first kappa shape index (κ1) is 18.4. The fourth-order valence-electron chi connectivity index (χ4n) is 2.00. The minimum Gasteiger partial charge on any atom is -0.434 e. The van der Waals surface area contributed by atoms with Crippen molar-refractivity contribution in [3.05, 3.63) is 59.7 Å². The average Bonchev–Trinajstić information content (AvgIpc) is 2.60. The Hall–Kier alpha value is -2.96. The SMILES string of the molecule is CCc1ccc(NC(=O)CO/N=C/c2ccccc2OC(F)F)cc1. The molecule has 2 aromatic carbocycles. The van der Waals surface area contributed by atoms with Crippen molar-refractivity contribution in [3.63, 3.8) is 0 Å². The molecule has 5 nitrogen and oxygen atoms in total. The summed E-state index contributed by atoms with van der Waals surface area (Å²) in [6, 6.07) is 13.6. The van der Waals surface area contributed by atoms with Crippen LogP contribution in [0.5, 0.6) is 5.75 Å². The van der Waals surface area contributed by atoms with E-state index in [1.54, 1.807) is 30.3 Å². The van der Waals surface area contributed by atoms with Gasteiger partial charge in [0.05, 0.1) is 6.21 Å². The van der Waals surface area contributed by atoms with Gasteiger partial charge in [-0.3, -0.25) is 4.79 Å². The molecule has 0 saturated heterocycles. The minimum atomic E-state index is -2.93. The highest BCUT2D eigenvalue weighted by Gasteiger charge is 2.07. The second kappa shape index (κ2) is 9.36. The number of rotatable bonds is 8. The number of alkyl halides is 2. The van der Waals surface area contributed by atoms with Crippen molar-refractivity contribution < 1.29 is 23.1 Å². The number of para-hydroxylation sites is 1. The minimum absolute atomic E-state index is 0.0229. The van der Waals surface area contributed by atoms with Crippen LogP contribution in [0.25, 0.3) is 0 Å². The number of carbonyl (C=O) groups is 1. The predicted octanol–water partition coefficient (Wildman–Crippen LogP) is 3.84. The van der Waals surface area contributed by atoms with Crippen molar-refractivity contribution in [2.24, 2.45) is 5.16 Å². The van der Waals surface area contributed by atoms with Gasteiger partial charge in [-0.2, -0.15) is 8.78 Å². The summed E-state index contributed by atoms with van der Waals surface area (Å²) in [7, 11) is 0. The van der Waals surface area contributed by atoms with E-state index < -0.39 is 6.61 Å². The lowest BCUT2D eigenvalue weighted by atomic mass is 10.1. The molecule has 0 unspecified atom stereocenters. The van der Waals surface area contributed by atoms with E-state index >= 15 is 0 Å². The van der Waals surface area contributed by atoms with E-state index in [1.165, 1.54) is 17.8 Å². The molecule has 0 atom stereocenters. The molecular formula is C18H18F2N2O3. The molecule has 0 aliphatic carbocycles. The molecule has 0 aliphatic heterocycles. The van der Waals surface area contributed by atoms with E-state index in [1.807, 2.05) is 19.1 Å². The normalized spacial score (nSPS) is 10.9. The number of nitrogens with one attached hydrogen (secondary N) is 1. The fourth-order valence-corrected chi connectivity index (χ4v) is 2.00. The van der Waals surface area contributed by atoms with Gasteiger partial charge >= 0.3 is 6.61 Å². The first-order chi connectivity index (χ1) is 12.1. The molecule has 132 valence electrons. The highest BCUT2D eigenvalue weighted by molar-refractivity contribution is 5.91. The third-order valence-electron chi connectivity index (χ3n) is 3.24. The van der Waals surface area contributed by atoms with Crippen LogP contribution >= 0.6 is 0 Å². The lowest BCUT2D eigenvalue weighted by Gasteiger charge is -2.07. The van der Waals surface area contributed by atoms with Crippen LogP contribution in [0, 0.1) is 0 Å². The van der Waals surface area contributed by atoms with Crippen molar-refractivity contribution in [1.29, 1.82) is 0 Å². The molecule has 0 radical (unpaired) electrons. The number of hydrogen-bond acceptors (Lipinski definition) is 4. The summed E-state index contributed by atoms with van der Waals surface area (Å²) in [6.07, 6.45) is 2.13. The number of amides is 1. The first-order valence-corrected chi connectivity index (χ1v) is 7.66. The van der Waals surface area contributed by atoms with Gasteiger partial charge in [-0.15, -0.1) is 0 Å². The van der Waals surface area contributed by atoms with Gasteiger partial charge in [-0.1, -0.05) is 36.3 Å². The van der Waals surface area contributed by atoms with Gasteiger partial charge < -0.3 is 14.9 Å². The number of benzene rings is 2. The van der Waals surface area contributed by atoms with E-state index in [0.29, 0.717) is 11.3 Å². The van der Waals surface area contributed by atoms with Crippen LogP contribution in [0.4, 0.5) is 14.5 Å². The molecule has 0 spiro atoms. The van der Waals surface area contributed by atoms with Crippen LogP contribution < -0.4 is 10.1 Å². The maximum absolute atomic E-state index is 12.3. The second-order valence-corrected chi connectivity index (χ2v) is 5.02. The predicted molar refractivity (Wildman–Crippen MR) is 91.1 cm³/mol. The van der Waals surface area contributed by atoms with Crippen LogP contribution in [-0.2, 0) is 16.1 Å². The standard InChI is InChI=1S/C18H18F2N2O3/c1-2-13-7-9-15(10-8-13)22-17(23)12-24-21-11-14-5-3-4-6-16(14)25-18(19)20/h3-11,18H,2,12H2,1H3,(H,22,23)/b21-11+. The number of ether oxygens (including phenoxy) is 1. The van der Waals surface area contributed by atoms with Gasteiger partial charge in [0.15, 0.2) is 6.61 Å². The largest absolute Gasteiger partial charge is 0.434 e. The topological polar surface area (TPSA) is 59.9 Å². The van der Waals surface area contributed by atoms with Crippen molar-refractivity contribution in [2.45, 2.75) is 20.0 Å². The molecule has 25 heavy (non-hydrogen) atoms. The molecule has 0 aromatic heterocycles. The summed E-state index contributed by atoms with van der Waals surface area (Å²) < 4.78 is 29.0. The highest BCUT2D eigenvalue weighted by atomic mass is 19.3. The average molecular weight is 348 g/mol. The van der Waals surface area contributed by atoms with Crippen LogP contribution in [0.2, 0.25) is 0 Å². The fraction of sp³-hybridized carbons (Fsp3) is 0.222. The molecule has 0 fully saturated rings. The molecule has 2 aromatic rings. The Morgan fingerprint density at radius 3 is 2.60 bits per heavy atom. The van der Waals surface area contributed by atoms with Crippen LogP contribution in [0.15, 0.2) is 53.7 Å².